The van der Waals surface area contributed by atoms with Crippen LogP contribution in [0.15, 0.2) is 24.3 Å². The van der Waals surface area contributed by atoms with Crippen molar-refractivity contribution in [1.29, 1.82) is 0 Å². The van der Waals surface area contributed by atoms with Crippen molar-refractivity contribution in [2.24, 2.45) is 5.41 Å². The van der Waals surface area contributed by atoms with E-state index < -0.39 is 0 Å². The molecule has 0 spiro atoms. The fourth-order valence-electron chi connectivity index (χ4n) is 2.81. The highest BCUT2D eigenvalue weighted by Gasteiger charge is 2.36. The number of carbonyl (C=O) groups is 1. The predicted molar refractivity (Wildman–Crippen MR) is 85.6 cm³/mol. The molecule has 21 heavy (non-hydrogen) atoms. The third-order valence-electron chi connectivity index (χ3n) is 3.99. The van der Waals surface area contributed by atoms with Gasteiger partial charge in [-0.1, -0.05) is 39.3 Å². The highest BCUT2D eigenvalue weighted by molar-refractivity contribution is 5.94. The monoisotopic (exact) mass is 289 g/mol. The van der Waals surface area contributed by atoms with Crippen LogP contribution in [0.4, 0.5) is 0 Å². The van der Waals surface area contributed by atoms with Crippen molar-refractivity contribution in [1.82, 2.24) is 4.90 Å². The quantitative estimate of drug-likeness (QED) is 0.768. The second-order valence-corrected chi connectivity index (χ2v) is 6.48. The van der Waals surface area contributed by atoms with E-state index in [-0.39, 0.29) is 11.3 Å². The summed E-state index contributed by atoms with van der Waals surface area (Å²) >= 11 is 0. The lowest BCUT2D eigenvalue weighted by molar-refractivity contribution is -0.111. The second-order valence-electron chi connectivity index (χ2n) is 6.48. The Hall–Kier alpha value is -1.35. The second kappa shape index (κ2) is 7.08. The number of hydrogen-bond donors (Lipinski definition) is 0. The lowest BCUT2D eigenvalue weighted by Gasteiger charge is -2.41. The van der Waals surface area contributed by atoms with Crippen LogP contribution in [0, 0.1) is 5.41 Å². The molecule has 1 aromatic carbocycles. The molecule has 0 aliphatic carbocycles. The Morgan fingerprint density at radius 1 is 1.19 bits per heavy atom. The van der Waals surface area contributed by atoms with Crippen LogP contribution in [-0.2, 0) is 11.2 Å². The van der Waals surface area contributed by atoms with E-state index in [2.05, 4.69) is 32.9 Å². The van der Waals surface area contributed by atoms with Crippen LogP contribution >= 0.6 is 0 Å². The Morgan fingerprint density at radius 3 is 2.33 bits per heavy atom. The highest BCUT2D eigenvalue weighted by atomic mass is 16.5. The molecule has 116 valence electrons. The standard InChI is InChI=1S/C18H27NO2/c1-4-6-15-7-9-16(10-8-15)17(20)19(11-5-2)12-18(3)13-21-14-18/h7-10H,4-6,11-14H2,1-3H3. The average Bonchev–Trinajstić information content (AvgIpc) is 2.45. The van der Waals surface area contributed by atoms with Crippen LogP contribution in [0.1, 0.15) is 49.5 Å². The molecule has 3 nitrogen and oxygen atoms in total. The first kappa shape index (κ1) is 16.0. The summed E-state index contributed by atoms with van der Waals surface area (Å²) in [5.41, 5.74) is 2.23. The van der Waals surface area contributed by atoms with Crippen molar-refractivity contribution in [2.75, 3.05) is 26.3 Å². The van der Waals surface area contributed by atoms with E-state index in [9.17, 15) is 4.79 Å². The molecule has 1 saturated heterocycles. The maximum Gasteiger partial charge on any atom is 0.253 e. The van der Waals surface area contributed by atoms with Gasteiger partial charge in [-0.2, -0.15) is 0 Å². The molecular formula is C18H27NO2. The van der Waals surface area contributed by atoms with Gasteiger partial charge in [0.1, 0.15) is 0 Å². The first-order valence-electron chi connectivity index (χ1n) is 8.04. The van der Waals surface area contributed by atoms with Crippen LogP contribution in [0.3, 0.4) is 0 Å². The first-order valence-corrected chi connectivity index (χ1v) is 8.04. The fraction of sp³-hybridized carbons (Fsp3) is 0.611. The van der Waals surface area contributed by atoms with E-state index in [4.69, 9.17) is 4.74 Å². The zero-order valence-corrected chi connectivity index (χ0v) is 13.5. The molecule has 0 unspecified atom stereocenters. The Labute approximate surface area is 128 Å². The summed E-state index contributed by atoms with van der Waals surface area (Å²) in [5.74, 6) is 0.146. The third kappa shape index (κ3) is 4.07. The molecule has 0 radical (unpaired) electrons. The van der Waals surface area contributed by atoms with Crippen molar-refractivity contribution in [2.45, 2.75) is 40.0 Å². The smallest absolute Gasteiger partial charge is 0.253 e. The van der Waals surface area contributed by atoms with E-state index in [1.54, 1.807) is 0 Å². The maximum absolute atomic E-state index is 12.7. The third-order valence-corrected chi connectivity index (χ3v) is 3.99. The maximum atomic E-state index is 12.7. The number of benzene rings is 1. The van der Waals surface area contributed by atoms with Crippen LogP contribution < -0.4 is 0 Å². The van der Waals surface area contributed by atoms with E-state index in [1.807, 2.05) is 17.0 Å². The van der Waals surface area contributed by atoms with Crippen molar-refractivity contribution in [3.8, 4) is 0 Å². The van der Waals surface area contributed by atoms with Gasteiger partial charge in [-0.15, -0.1) is 0 Å². The molecule has 0 atom stereocenters. The number of nitrogens with zero attached hydrogens (tertiary/aromatic N) is 1. The molecule has 0 bridgehead atoms. The largest absolute Gasteiger partial charge is 0.380 e. The SMILES string of the molecule is CCCc1ccc(C(=O)N(CCC)CC2(C)COC2)cc1. The lowest BCUT2D eigenvalue weighted by atomic mass is 9.88. The molecule has 0 N–H and O–H groups in total. The van der Waals surface area contributed by atoms with Crippen molar-refractivity contribution in [3.05, 3.63) is 35.4 Å². The Morgan fingerprint density at radius 2 is 1.86 bits per heavy atom. The van der Waals surface area contributed by atoms with Crippen molar-refractivity contribution >= 4 is 5.91 Å². The van der Waals surface area contributed by atoms with Gasteiger partial charge in [-0.3, -0.25) is 4.79 Å². The van der Waals surface area contributed by atoms with Gasteiger partial charge in [-0.05, 0) is 30.5 Å². The molecule has 0 aromatic heterocycles. The molecule has 1 amide bonds. The summed E-state index contributed by atoms with van der Waals surface area (Å²) in [6.45, 7) is 9.60. The number of ether oxygens (including phenoxy) is 1. The predicted octanol–water partition coefficient (Wildman–Crippen LogP) is 3.53. The summed E-state index contributed by atoms with van der Waals surface area (Å²) in [4.78, 5) is 14.7. The normalized spacial score (nSPS) is 16.3. The van der Waals surface area contributed by atoms with Gasteiger partial charge in [0.15, 0.2) is 0 Å². The van der Waals surface area contributed by atoms with Crippen molar-refractivity contribution in [3.63, 3.8) is 0 Å². The summed E-state index contributed by atoms with van der Waals surface area (Å²) in [5, 5.41) is 0. The van der Waals surface area contributed by atoms with Gasteiger partial charge in [-0.25, -0.2) is 0 Å². The molecule has 1 fully saturated rings. The van der Waals surface area contributed by atoms with E-state index >= 15 is 0 Å². The van der Waals surface area contributed by atoms with Crippen LogP contribution in [0.5, 0.6) is 0 Å². The topological polar surface area (TPSA) is 29.5 Å². The summed E-state index contributed by atoms with van der Waals surface area (Å²) in [6.07, 6.45) is 3.19. The van der Waals surface area contributed by atoms with Crippen LogP contribution in [-0.4, -0.2) is 37.1 Å². The molecule has 1 aliphatic rings. The molecule has 1 heterocycles. The molecular weight excluding hydrogens is 262 g/mol. The minimum Gasteiger partial charge on any atom is -0.380 e. The van der Waals surface area contributed by atoms with Gasteiger partial charge in [0.05, 0.1) is 13.2 Å². The number of hydrogen-bond acceptors (Lipinski definition) is 2. The van der Waals surface area contributed by atoms with E-state index in [1.165, 1.54) is 5.56 Å². The molecule has 3 heteroatoms. The minimum atomic E-state index is 0.132. The Balaban J connectivity index is 2.06. The van der Waals surface area contributed by atoms with Crippen LogP contribution in [0.25, 0.3) is 0 Å². The zero-order valence-electron chi connectivity index (χ0n) is 13.5. The lowest BCUT2D eigenvalue weighted by Crippen LogP contribution is -2.50. The van der Waals surface area contributed by atoms with Crippen LogP contribution in [0.2, 0.25) is 0 Å². The Bertz CT molecular complexity index is 463. The number of rotatable bonds is 7. The number of aryl methyl sites for hydroxylation is 1. The van der Waals surface area contributed by atoms with Gasteiger partial charge in [0.25, 0.3) is 5.91 Å². The van der Waals surface area contributed by atoms with Gasteiger partial charge < -0.3 is 9.64 Å². The first-order chi connectivity index (χ1) is 10.1. The molecule has 1 aliphatic heterocycles. The Kier molecular flexibility index (Phi) is 5.40. The minimum absolute atomic E-state index is 0.132. The molecule has 2 rings (SSSR count). The summed E-state index contributed by atoms with van der Waals surface area (Å²) in [7, 11) is 0. The van der Waals surface area contributed by atoms with Gasteiger partial charge >= 0.3 is 0 Å². The number of carbonyl (C=O) groups excluding carboxylic acids is 1. The molecule has 1 aromatic rings. The van der Waals surface area contributed by atoms with E-state index in [0.717, 1.165) is 51.1 Å². The number of amides is 1. The van der Waals surface area contributed by atoms with Gasteiger partial charge in [0.2, 0.25) is 0 Å². The fourth-order valence-corrected chi connectivity index (χ4v) is 2.81. The molecule has 0 saturated carbocycles. The zero-order chi connectivity index (χ0) is 15.3. The van der Waals surface area contributed by atoms with Gasteiger partial charge in [0, 0.05) is 24.1 Å². The highest BCUT2D eigenvalue weighted by Crippen LogP contribution is 2.28. The van der Waals surface area contributed by atoms with E-state index in [0.29, 0.717) is 0 Å². The van der Waals surface area contributed by atoms with Crippen molar-refractivity contribution < 1.29 is 9.53 Å². The summed E-state index contributed by atoms with van der Waals surface area (Å²) in [6, 6.07) is 8.09. The summed E-state index contributed by atoms with van der Waals surface area (Å²) < 4.78 is 5.31. The average molecular weight is 289 g/mol.